The Balaban J connectivity index is 1.68. The van der Waals surface area contributed by atoms with E-state index in [1.807, 2.05) is 13.0 Å². The van der Waals surface area contributed by atoms with Gasteiger partial charge >= 0.3 is 5.97 Å². The van der Waals surface area contributed by atoms with Gasteiger partial charge in [-0.1, -0.05) is 25.0 Å². The van der Waals surface area contributed by atoms with Crippen molar-refractivity contribution in [2.75, 3.05) is 14.2 Å². The molecule has 1 fully saturated rings. The number of carboxylic acid groups (broad SMARTS) is 1. The molecular weight excluding hydrogens is 424 g/mol. The van der Waals surface area contributed by atoms with Gasteiger partial charge in [-0.15, -0.1) is 0 Å². The molecule has 0 radical (unpaired) electrons. The van der Waals surface area contributed by atoms with Gasteiger partial charge in [-0.05, 0) is 43.5 Å². The molecule has 0 bridgehead atoms. The zero-order valence-corrected chi connectivity index (χ0v) is 19.2. The summed E-state index contributed by atoms with van der Waals surface area (Å²) < 4.78 is 19.0. The molecule has 3 aromatic rings. The molecule has 0 saturated heterocycles. The van der Waals surface area contributed by atoms with Gasteiger partial charge in [0.2, 0.25) is 0 Å². The first-order valence-corrected chi connectivity index (χ1v) is 11.2. The quantitative estimate of drug-likeness (QED) is 0.501. The topological polar surface area (TPSA) is 103 Å². The predicted octanol–water partition coefficient (Wildman–Crippen LogP) is 4.12. The van der Waals surface area contributed by atoms with Crippen LogP contribution in [0.25, 0.3) is 10.9 Å². The Morgan fingerprint density at radius 3 is 2.45 bits per heavy atom. The first-order valence-electron chi connectivity index (χ1n) is 11.2. The number of nitrogens with zero attached hydrogens (tertiary/aromatic N) is 2. The molecule has 4 rings (SSSR count). The van der Waals surface area contributed by atoms with Crippen molar-refractivity contribution in [3.63, 3.8) is 0 Å². The Kier molecular flexibility index (Phi) is 6.85. The summed E-state index contributed by atoms with van der Waals surface area (Å²) in [5, 5.41) is 26.1. The van der Waals surface area contributed by atoms with Crippen LogP contribution in [0.2, 0.25) is 0 Å². The number of benzene rings is 2. The normalized spacial score (nSPS) is 16.1. The number of methoxy groups -OCH3 is 2. The lowest BCUT2D eigenvalue weighted by Crippen LogP contribution is -2.31. The lowest BCUT2D eigenvalue weighted by atomic mass is 10.0. The molecule has 2 atom stereocenters. The van der Waals surface area contributed by atoms with Crippen LogP contribution < -0.4 is 9.47 Å². The van der Waals surface area contributed by atoms with E-state index in [9.17, 15) is 15.0 Å². The number of fused-ring (bicyclic) bond motifs is 1. The number of hydrogen-bond donors (Lipinski definition) is 2. The standard InChI is InChI=1S/C25H30N2O6/c1-15-20(31-2)11-17(12-21(15)32-3)24(28)22(33-18-8-4-5-9-18)14-27-13-16-7-6-10-19(25(29)30)23(16)26-27/h6-7,10-13,18,22,24,28H,4-5,8-9,14H2,1-3H3,(H,29,30). The third-order valence-electron chi connectivity index (χ3n) is 6.32. The highest BCUT2D eigenvalue weighted by atomic mass is 16.5. The third kappa shape index (κ3) is 4.82. The number of carbonyl (C=O) groups is 1. The summed E-state index contributed by atoms with van der Waals surface area (Å²) in [6, 6.07) is 8.66. The van der Waals surface area contributed by atoms with Crippen molar-refractivity contribution in [2.45, 2.75) is 57.5 Å². The molecule has 1 aliphatic rings. The van der Waals surface area contributed by atoms with Crippen LogP contribution in [-0.4, -0.2) is 52.4 Å². The van der Waals surface area contributed by atoms with Crippen molar-refractivity contribution in [3.8, 4) is 11.5 Å². The van der Waals surface area contributed by atoms with Gasteiger partial charge in [-0.3, -0.25) is 4.68 Å². The van der Waals surface area contributed by atoms with Crippen molar-refractivity contribution in [1.29, 1.82) is 0 Å². The number of aliphatic hydroxyl groups excluding tert-OH is 1. The molecule has 2 aromatic carbocycles. The maximum atomic E-state index is 11.6. The lowest BCUT2D eigenvalue weighted by Gasteiger charge is -2.27. The Bertz CT molecular complexity index is 1110. The minimum Gasteiger partial charge on any atom is -0.496 e. The number of aromatic nitrogens is 2. The van der Waals surface area contributed by atoms with Crippen LogP contribution >= 0.6 is 0 Å². The van der Waals surface area contributed by atoms with Gasteiger partial charge in [-0.25, -0.2) is 4.79 Å². The molecule has 1 saturated carbocycles. The Morgan fingerprint density at radius 2 is 1.85 bits per heavy atom. The van der Waals surface area contributed by atoms with E-state index in [-0.39, 0.29) is 18.2 Å². The Labute approximate surface area is 192 Å². The molecule has 0 aliphatic heterocycles. The van der Waals surface area contributed by atoms with Gasteiger partial charge in [0.15, 0.2) is 0 Å². The largest absolute Gasteiger partial charge is 0.496 e. The summed E-state index contributed by atoms with van der Waals surface area (Å²) in [6.07, 6.45) is 4.42. The first-order chi connectivity index (χ1) is 15.9. The molecule has 1 aliphatic carbocycles. The number of aromatic carboxylic acids is 1. The zero-order valence-electron chi connectivity index (χ0n) is 19.2. The first kappa shape index (κ1) is 23.1. The molecule has 176 valence electrons. The Morgan fingerprint density at radius 1 is 1.18 bits per heavy atom. The van der Waals surface area contributed by atoms with Crippen LogP contribution in [0.3, 0.4) is 0 Å². The van der Waals surface area contributed by atoms with Crippen molar-refractivity contribution >= 4 is 16.9 Å². The van der Waals surface area contributed by atoms with Gasteiger partial charge in [0.25, 0.3) is 0 Å². The van der Waals surface area contributed by atoms with Crippen LogP contribution in [0, 0.1) is 6.92 Å². The highest BCUT2D eigenvalue weighted by molar-refractivity contribution is 6.01. The number of ether oxygens (including phenoxy) is 3. The predicted molar refractivity (Wildman–Crippen MR) is 123 cm³/mol. The summed E-state index contributed by atoms with van der Waals surface area (Å²) in [7, 11) is 3.17. The van der Waals surface area contributed by atoms with E-state index in [0.717, 1.165) is 36.6 Å². The summed E-state index contributed by atoms with van der Waals surface area (Å²) in [4.78, 5) is 11.6. The molecule has 1 heterocycles. The molecule has 33 heavy (non-hydrogen) atoms. The molecular formula is C25H30N2O6. The molecule has 2 N–H and O–H groups in total. The second-order valence-electron chi connectivity index (χ2n) is 8.48. The van der Waals surface area contributed by atoms with E-state index in [0.29, 0.717) is 22.6 Å². The molecule has 0 amide bonds. The van der Waals surface area contributed by atoms with E-state index in [2.05, 4.69) is 5.10 Å². The van der Waals surface area contributed by atoms with E-state index in [1.54, 1.807) is 43.3 Å². The Hall–Kier alpha value is -3.10. The second-order valence-corrected chi connectivity index (χ2v) is 8.48. The van der Waals surface area contributed by atoms with Crippen LogP contribution in [0.5, 0.6) is 11.5 Å². The average molecular weight is 455 g/mol. The fourth-order valence-corrected chi connectivity index (χ4v) is 4.53. The number of carboxylic acids is 1. The van der Waals surface area contributed by atoms with Crippen LogP contribution in [0.4, 0.5) is 0 Å². The summed E-state index contributed by atoms with van der Waals surface area (Å²) in [5.74, 6) is 0.223. The molecule has 0 spiro atoms. The molecule has 8 heteroatoms. The van der Waals surface area contributed by atoms with Crippen molar-refractivity contribution in [1.82, 2.24) is 9.78 Å². The van der Waals surface area contributed by atoms with Gasteiger partial charge in [0, 0.05) is 17.1 Å². The fourth-order valence-electron chi connectivity index (χ4n) is 4.53. The molecule has 2 unspecified atom stereocenters. The van der Waals surface area contributed by atoms with Crippen molar-refractivity contribution in [3.05, 3.63) is 53.2 Å². The highest BCUT2D eigenvalue weighted by Crippen LogP contribution is 2.35. The van der Waals surface area contributed by atoms with Gasteiger partial charge < -0.3 is 24.4 Å². The monoisotopic (exact) mass is 454 g/mol. The smallest absolute Gasteiger partial charge is 0.337 e. The average Bonchev–Trinajstić information content (AvgIpc) is 3.47. The lowest BCUT2D eigenvalue weighted by molar-refractivity contribution is -0.0845. The summed E-state index contributed by atoms with van der Waals surface area (Å²) in [5.41, 5.74) is 2.04. The minimum absolute atomic E-state index is 0.0680. The zero-order chi connectivity index (χ0) is 23.5. The van der Waals surface area contributed by atoms with Crippen molar-refractivity contribution < 1.29 is 29.2 Å². The second kappa shape index (κ2) is 9.80. The number of aliphatic hydroxyl groups is 1. The SMILES string of the molecule is COc1cc(C(O)C(Cn2cc3cccc(C(=O)O)c3n2)OC2CCCC2)cc(OC)c1C. The van der Waals surface area contributed by atoms with Crippen LogP contribution in [0.15, 0.2) is 36.5 Å². The van der Waals surface area contributed by atoms with Crippen molar-refractivity contribution in [2.24, 2.45) is 0 Å². The summed E-state index contributed by atoms with van der Waals surface area (Å²) in [6.45, 7) is 2.17. The maximum absolute atomic E-state index is 11.6. The fraction of sp³-hybridized carbons (Fsp3) is 0.440. The van der Waals surface area contributed by atoms with Gasteiger partial charge in [0.1, 0.15) is 29.2 Å². The summed E-state index contributed by atoms with van der Waals surface area (Å²) >= 11 is 0. The highest BCUT2D eigenvalue weighted by Gasteiger charge is 2.29. The van der Waals surface area contributed by atoms with Gasteiger partial charge in [0.05, 0.1) is 32.4 Å². The van der Waals surface area contributed by atoms with Crippen LogP contribution in [0.1, 0.15) is 53.3 Å². The van der Waals surface area contributed by atoms with E-state index >= 15 is 0 Å². The number of rotatable bonds is 9. The van der Waals surface area contributed by atoms with Crippen LogP contribution in [-0.2, 0) is 11.3 Å². The van der Waals surface area contributed by atoms with E-state index in [1.165, 1.54) is 6.07 Å². The molecule has 1 aromatic heterocycles. The van der Waals surface area contributed by atoms with E-state index < -0.39 is 18.2 Å². The van der Waals surface area contributed by atoms with E-state index in [4.69, 9.17) is 14.2 Å². The molecule has 8 nitrogen and oxygen atoms in total. The van der Waals surface area contributed by atoms with Gasteiger partial charge in [-0.2, -0.15) is 5.10 Å². The maximum Gasteiger partial charge on any atom is 0.337 e. The number of hydrogen-bond acceptors (Lipinski definition) is 6. The third-order valence-corrected chi connectivity index (χ3v) is 6.32. The minimum atomic E-state index is -1.02.